The summed E-state index contributed by atoms with van der Waals surface area (Å²) < 4.78 is 16.8. The second-order valence-electron chi connectivity index (χ2n) is 4.94. The predicted molar refractivity (Wildman–Crippen MR) is 82.8 cm³/mol. The fourth-order valence-corrected chi connectivity index (χ4v) is 2.21. The van der Waals surface area contributed by atoms with Crippen molar-refractivity contribution in [1.29, 1.82) is 0 Å². The molecule has 0 aliphatic carbocycles. The molecule has 1 aliphatic rings. The molecule has 0 saturated carbocycles. The van der Waals surface area contributed by atoms with Crippen molar-refractivity contribution in [2.45, 2.75) is 19.4 Å². The Balaban J connectivity index is 1.64. The minimum Gasteiger partial charge on any atom is -0.486 e. The quantitative estimate of drug-likeness (QED) is 0.914. The first-order valence-electron chi connectivity index (χ1n) is 7.32. The van der Waals surface area contributed by atoms with Crippen LogP contribution in [0.25, 0.3) is 0 Å². The molecule has 22 heavy (non-hydrogen) atoms. The first-order valence-corrected chi connectivity index (χ1v) is 7.32. The van der Waals surface area contributed by atoms with Gasteiger partial charge in [0.05, 0.1) is 13.7 Å². The standard InChI is InChI=1S/C16H19N3O3/c1-3-14-18-15(8-16(19-14)20-2)17-9-11-10-21-12-6-4-5-7-13(12)22-11/h4-8,11H,3,9-10H2,1-2H3,(H,17,18,19). The maximum atomic E-state index is 5.90. The van der Waals surface area contributed by atoms with Gasteiger partial charge >= 0.3 is 0 Å². The van der Waals surface area contributed by atoms with Crippen LogP contribution in [-0.2, 0) is 6.42 Å². The molecule has 1 aliphatic heterocycles. The number of fused-ring (bicyclic) bond motifs is 1. The summed E-state index contributed by atoms with van der Waals surface area (Å²) in [6.45, 7) is 3.11. The summed E-state index contributed by atoms with van der Waals surface area (Å²) >= 11 is 0. The van der Waals surface area contributed by atoms with Crippen LogP contribution in [0.15, 0.2) is 30.3 Å². The molecule has 3 rings (SSSR count). The Kier molecular flexibility index (Phi) is 4.27. The number of nitrogens with zero attached hydrogens (tertiary/aromatic N) is 2. The lowest BCUT2D eigenvalue weighted by atomic mass is 10.2. The Morgan fingerprint density at radius 2 is 2.09 bits per heavy atom. The van der Waals surface area contributed by atoms with Gasteiger partial charge < -0.3 is 19.5 Å². The number of aromatic nitrogens is 2. The van der Waals surface area contributed by atoms with Gasteiger partial charge in [0.25, 0.3) is 0 Å². The Hall–Kier alpha value is -2.50. The lowest BCUT2D eigenvalue weighted by molar-refractivity contribution is 0.0997. The van der Waals surface area contributed by atoms with Crippen molar-refractivity contribution in [3.8, 4) is 17.4 Å². The van der Waals surface area contributed by atoms with E-state index >= 15 is 0 Å². The summed E-state index contributed by atoms with van der Waals surface area (Å²) in [5.41, 5.74) is 0. The zero-order valence-corrected chi connectivity index (χ0v) is 12.7. The molecule has 1 N–H and O–H groups in total. The molecule has 6 nitrogen and oxygen atoms in total. The van der Waals surface area contributed by atoms with Gasteiger partial charge in [0.15, 0.2) is 11.5 Å². The highest BCUT2D eigenvalue weighted by Crippen LogP contribution is 2.30. The van der Waals surface area contributed by atoms with Crippen LogP contribution in [0.2, 0.25) is 0 Å². The molecule has 116 valence electrons. The smallest absolute Gasteiger partial charge is 0.218 e. The predicted octanol–water partition coefficient (Wildman–Crippen LogP) is 2.30. The number of para-hydroxylation sites is 2. The third-order valence-electron chi connectivity index (χ3n) is 3.35. The van der Waals surface area contributed by atoms with Gasteiger partial charge in [0.1, 0.15) is 24.4 Å². The molecule has 0 bridgehead atoms. The van der Waals surface area contributed by atoms with E-state index in [9.17, 15) is 0 Å². The summed E-state index contributed by atoms with van der Waals surface area (Å²) in [7, 11) is 1.60. The molecule has 1 atom stereocenters. The van der Waals surface area contributed by atoms with E-state index in [0.717, 1.165) is 29.6 Å². The Morgan fingerprint density at radius 1 is 1.27 bits per heavy atom. The highest BCUT2D eigenvalue weighted by molar-refractivity contribution is 5.42. The van der Waals surface area contributed by atoms with Crippen LogP contribution in [0.4, 0.5) is 5.82 Å². The lowest BCUT2D eigenvalue weighted by Gasteiger charge is -2.26. The average Bonchev–Trinajstić information content (AvgIpc) is 2.59. The van der Waals surface area contributed by atoms with E-state index < -0.39 is 0 Å². The van der Waals surface area contributed by atoms with Gasteiger partial charge in [-0.1, -0.05) is 19.1 Å². The van der Waals surface area contributed by atoms with Gasteiger partial charge in [-0.05, 0) is 12.1 Å². The van der Waals surface area contributed by atoms with Crippen LogP contribution in [-0.4, -0.2) is 36.3 Å². The number of rotatable bonds is 5. The molecule has 0 amide bonds. The number of ether oxygens (including phenoxy) is 3. The maximum Gasteiger partial charge on any atom is 0.218 e. The van der Waals surface area contributed by atoms with E-state index in [-0.39, 0.29) is 6.10 Å². The number of benzene rings is 1. The summed E-state index contributed by atoms with van der Waals surface area (Å²) in [5, 5.41) is 3.26. The van der Waals surface area contributed by atoms with Crippen molar-refractivity contribution >= 4 is 5.82 Å². The van der Waals surface area contributed by atoms with Crippen LogP contribution < -0.4 is 19.5 Å². The van der Waals surface area contributed by atoms with Gasteiger partial charge in [0, 0.05) is 12.5 Å². The fraction of sp³-hybridized carbons (Fsp3) is 0.375. The molecule has 6 heteroatoms. The minimum atomic E-state index is -0.0686. The summed E-state index contributed by atoms with van der Waals surface area (Å²) in [4.78, 5) is 8.70. The molecule has 1 aromatic heterocycles. The summed E-state index contributed by atoms with van der Waals surface area (Å²) in [6.07, 6.45) is 0.684. The minimum absolute atomic E-state index is 0.0686. The van der Waals surface area contributed by atoms with E-state index in [1.165, 1.54) is 0 Å². The first-order chi connectivity index (χ1) is 10.8. The molecule has 0 saturated heterocycles. The van der Waals surface area contributed by atoms with Gasteiger partial charge in [-0.25, -0.2) is 4.98 Å². The zero-order chi connectivity index (χ0) is 15.4. The first kappa shape index (κ1) is 14.4. The maximum absolute atomic E-state index is 5.90. The molecular formula is C16H19N3O3. The second kappa shape index (κ2) is 6.51. The number of nitrogens with one attached hydrogen (secondary N) is 1. The second-order valence-corrected chi connectivity index (χ2v) is 4.94. The van der Waals surface area contributed by atoms with Crippen molar-refractivity contribution in [1.82, 2.24) is 9.97 Å². The number of aryl methyl sites for hydroxylation is 1. The lowest BCUT2D eigenvalue weighted by Crippen LogP contribution is -2.35. The Bertz CT molecular complexity index is 626. The molecule has 1 aromatic carbocycles. The molecule has 0 radical (unpaired) electrons. The summed E-state index contributed by atoms with van der Waals surface area (Å²) in [5.74, 6) is 3.59. The van der Waals surface area contributed by atoms with Crippen molar-refractivity contribution in [3.63, 3.8) is 0 Å². The highest BCUT2D eigenvalue weighted by Gasteiger charge is 2.20. The number of methoxy groups -OCH3 is 1. The average molecular weight is 301 g/mol. The van der Waals surface area contributed by atoms with Gasteiger partial charge in [-0.2, -0.15) is 4.98 Å². The normalized spacial score (nSPS) is 16.2. The van der Waals surface area contributed by atoms with Crippen LogP contribution in [0.1, 0.15) is 12.7 Å². The molecule has 1 unspecified atom stereocenters. The van der Waals surface area contributed by atoms with Crippen LogP contribution in [0.5, 0.6) is 17.4 Å². The van der Waals surface area contributed by atoms with Crippen molar-refractivity contribution in [2.24, 2.45) is 0 Å². The van der Waals surface area contributed by atoms with Crippen molar-refractivity contribution < 1.29 is 14.2 Å². The zero-order valence-electron chi connectivity index (χ0n) is 12.7. The molecule has 2 heterocycles. The molecule has 0 spiro atoms. The molecule has 2 aromatic rings. The van der Waals surface area contributed by atoms with Gasteiger partial charge in [0.2, 0.25) is 5.88 Å². The SMILES string of the molecule is CCc1nc(NCC2COc3ccccc3O2)cc(OC)n1. The van der Waals surface area contributed by atoms with E-state index in [4.69, 9.17) is 14.2 Å². The monoisotopic (exact) mass is 301 g/mol. The van der Waals surface area contributed by atoms with Crippen LogP contribution in [0, 0.1) is 0 Å². The van der Waals surface area contributed by atoms with Crippen LogP contribution >= 0.6 is 0 Å². The molecule has 0 fully saturated rings. The van der Waals surface area contributed by atoms with E-state index in [1.807, 2.05) is 31.2 Å². The number of anilines is 1. The van der Waals surface area contributed by atoms with Crippen LogP contribution in [0.3, 0.4) is 0 Å². The highest BCUT2D eigenvalue weighted by atomic mass is 16.6. The molecular weight excluding hydrogens is 282 g/mol. The Labute approximate surface area is 129 Å². The van der Waals surface area contributed by atoms with Gasteiger partial charge in [-0.3, -0.25) is 0 Å². The van der Waals surface area contributed by atoms with Crippen molar-refractivity contribution in [2.75, 3.05) is 25.6 Å². The Morgan fingerprint density at radius 3 is 2.86 bits per heavy atom. The summed E-state index contributed by atoms with van der Waals surface area (Å²) in [6, 6.07) is 9.45. The number of hydrogen-bond donors (Lipinski definition) is 1. The van der Waals surface area contributed by atoms with E-state index in [1.54, 1.807) is 13.2 Å². The fourth-order valence-electron chi connectivity index (χ4n) is 2.21. The van der Waals surface area contributed by atoms with Gasteiger partial charge in [-0.15, -0.1) is 0 Å². The van der Waals surface area contributed by atoms with E-state index in [2.05, 4.69) is 15.3 Å². The van der Waals surface area contributed by atoms with E-state index in [0.29, 0.717) is 19.0 Å². The largest absolute Gasteiger partial charge is 0.486 e. The number of hydrogen-bond acceptors (Lipinski definition) is 6. The third-order valence-corrected chi connectivity index (χ3v) is 3.35. The topological polar surface area (TPSA) is 65.5 Å². The van der Waals surface area contributed by atoms with Crippen molar-refractivity contribution in [3.05, 3.63) is 36.2 Å². The third kappa shape index (κ3) is 3.21.